The highest BCUT2D eigenvalue weighted by atomic mass is 16.6. The van der Waals surface area contributed by atoms with Crippen molar-refractivity contribution < 1.29 is 28.7 Å². The monoisotopic (exact) mass is 565 g/mol. The molecular formula is C32H43N3O6. The van der Waals surface area contributed by atoms with E-state index in [1.165, 1.54) is 0 Å². The third kappa shape index (κ3) is 9.62. The Labute approximate surface area is 243 Å². The number of nitrogens with zero attached hydrogens (tertiary/aromatic N) is 1. The summed E-state index contributed by atoms with van der Waals surface area (Å²) in [7, 11) is 0. The minimum Gasteiger partial charge on any atom is -0.466 e. The highest BCUT2D eigenvalue weighted by Gasteiger charge is 2.44. The molecule has 0 heterocycles. The summed E-state index contributed by atoms with van der Waals surface area (Å²) in [6, 6.07) is 13.0. The fourth-order valence-corrected chi connectivity index (χ4v) is 4.54. The molecule has 2 aromatic carbocycles. The summed E-state index contributed by atoms with van der Waals surface area (Å²) >= 11 is 0. The maximum Gasteiger partial charge on any atom is 0.408 e. The van der Waals surface area contributed by atoms with Crippen LogP contribution >= 0.6 is 0 Å². The molecule has 1 saturated carbocycles. The Morgan fingerprint density at radius 2 is 1.68 bits per heavy atom. The van der Waals surface area contributed by atoms with Crippen LogP contribution < -0.4 is 10.6 Å². The molecule has 222 valence electrons. The summed E-state index contributed by atoms with van der Waals surface area (Å²) in [4.78, 5) is 54.5. The Morgan fingerprint density at radius 3 is 2.27 bits per heavy atom. The molecule has 2 unspecified atom stereocenters. The van der Waals surface area contributed by atoms with E-state index in [9.17, 15) is 19.2 Å². The normalized spacial score (nSPS) is 14.4. The Bertz CT molecular complexity index is 1220. The quantitative estimate of drug-likeness (QED) is 0.365. The maximum absolute atomic E-state index is 14.4. The zero-order valence-corrected chi connectivity index (χ0v) is 25.0. The average molecular weight is 566 g/mol. The van der Waals surface area contributed by atoms with Crippen LogP contribution in [0.15, 0.2) is 48.5 Å². The minimum absolute atomic E-state index is 0.0213. The van der Waals surface area contributed by atoms with Gasteiger partial charge in [-0.05, 0) is 76.6 Å². The van der Waals surface area contributed by atoms with Gasteiger partial charge in [0.2, 0.25) is 11.8 Å². The van der Waals surface area contributed by atoms with Crippen LogP contribution in [0.4, 0.5) is 4.79 Å². The van der Waals surface area contributed by atoms with Crippen molar-refractivity contribution in [3.63, 3.8) is 0 Å². The van der Waals surface area contributed by atoms with Crippen molar-refractivity contribution in [1.29, 1.82) is 0 Å². The van der Waals surface area contributed by atoms with Gasteiger partial charge in [-0.25, -0.2) is 4.79 Å². The van der Waals surface area contributed by atoms with Crippen molar-refractivity contribution >= 4 is 23.9 Å². The third-order valence-corrected chi connectivity index (χ3v) is 6.77. The van der Waals surface area contributed by atoms with E-state index in [0.29, 0.717) is 5.56 Å². The van der Waals surface area contributed by atoms with E-state index in [1.807, 2.05) is 62.4 Å². The summed E-state index contributed by atoms with van der Waals surface area (Å²) in [5.41, 5.74) is 2.83. The van der Waals surface area contributed by atoms with Gasteiger partial charge in [-0.15, -0.1) is 0 Å². The van der Waals surface area contributed by atoms with Crippen LogP contribution in [0.2, 0.25) is 0 Å². The van der Waals surface area contributed by atoms with Crippen LogP contribution in [0.5, 0.6) is 0 Å². The van der Waals surface area contributed by atoms with E-state index in [0.717, 1.165) is 29.5 Å². The standard InChI is InChI=1S/C32H43N3O6/c1-7-40-27(36)17-18-33-29(37)28(24-14-13-21(2)22(3)19-24)35(25-15-16-25)30(38)26(20-23-11-9-8-10-12-23)34-31(39)41-32(4,5)6/h8-14,19,25-26,28H,7,15-18,20H2,1-6H3,(H,33,37)(H,34,39). The van der Waals surface area contributed by atoms with E-state index in [4.69, 9.17) is 9.47 Å². The lowest BCUT2D eigenvalue weighted by Gasteiger charge is -2.35. The van der Waals surface area contributed by atoms with Crippen LogP contribution in [0.3, 0.4) is 0 Å². The number of aryl methyl sites for hydroxylation is 2. The summed E-state index contributed by atoms with van der Waals surface area (Å²) < 4.78 is 10.5. The molecule has 0 aliphatic heterocycles. The number of alkyl carbamates (subject to hydrolysis) is 1. The van der Waals surface area contributed by atoms with E-state index in [1.54, 1.807) is 32.6 Å². The lowest BCUT2D eigenvalue weighted by molar-refractivity contribution is -0.144. The second-order valence-corrected chi connectivity index (χ2v) is 11.5. The topological polar surface area (TPSA) is 114 Å². The van der Waals surface area contributed by atoms with Gasteiger partial charge in [-0.1, -0.05) is 48.5 Å². The molecule has 0 radical (unpaired) electrons. The zero-order chi connectivity index (χ0) is 30.2. The molecule has 0 saturated heterocycles. The molecule has 1 aliphatic rings. The second-order valence-electron chi connectivity index (χ2n) is 11.5. The highest BCUT2D eigenvalue weighted by molar-refractivity contribution is 5.93. The Kier molecular flexibility index (Phi) is 10.9. The lowest BCUT2D eigenvalue weighted by Crippen LogP contribution is -2.54. The summed E-state index contributed by atoms with van der Waals surface area (Å²) in [5.74, 6) is -1.17. The second kappa shape index (κ2) is 14.1. The molecule has 1 aliphatic carbocycles. The molecule has 9 heteroatoms. The number of benzene rings is 2. The third-order valence-electron chi connectivity index (χ3n) is 6.77. The van der Waals surface area contributed by atoms with Crippen LogP contribution in [0.25, 0.3) is 0 Å². The van der Waals surface area contributed by atoms with E-state index >= 15 is 0 Å². The van der Waals surface area contributed by atoms with Gasteiger partial charge in [0, 0.05) is 19.0 Å². The fraction of sp³-hybridized carbons (Fsp3) is 0.500. The molecule has 2 N–H and O–H groups in total. The SMILES string of the molecule is CCOC(=O)CCNC(=O)C(c1ccc(C)c(C)c1)N(C(=O)C(Cc1ccccc1)NC(=O)OC(C)(C)C)C1CC1. The van der Waals surface area contributed by atoms with Gasteiger partial charge in [0.05, 0.1) is 13.0 Å². The Balaban J connectivity index is 1.97. The molecule has 9 nitrogen and oxygen atoms in total. The summed E-state index contributed by atoms with van der Waals surface area (Å²) in [6.07, 6.45) is 1.03. The molecule has 41 heavy (non-hydrogen) atoms. The van der Waals surface area contributed by atoms with Gasteiger partial charge >= 0.3 is 12.1 Å². The molecule has 2 aromatic rings. The van der Waals surface area contributed by atoms with Crippen LogP contribution in [0.1, 0.15) is 75.3 Å². The first kappa shape index (κ1) is 31.6. The number of amides is 3. The number of hydrogen-bond donors (Lipinski definition) is 2. The van der Waals surface area contributed by atoms with Gasteiger partial charge in [-0.2, -0.15) is 0 Å². The number of ether oxygens (including phenoxy) is 2. The minimum atomic E-state index is -0.964. The van der Waals surface area contributed by atoms with Gasteiger partial charge in [0.25, 0.3) is 0 Å². The predicted octanol–water partition coefficient (Wildman–Crippen LogP) is 4.54. The maximum atomic E-state index is 14.4. The molecule has 3 rings (SSSR count). The first-order valence-corrected chi connectivity index (χ1v) is 14.3. The van der Waals surface area contributed by atoms with Crippen LogP contribution in [-0.2, 0) is 30.3 Å². The van der Waals surface area contributed by atoms with Gasteiger partial charge in [-0.3, -0.25) is 14.4 Å². The van der Waals surface area contributed by atoms with Crippen molar-refractivity contribution in [2.24, 2.45) is 0 Å². The molecular weight excluding hydrogens is 522 g/mol. The first-order chi connectivity index (χ1) is 19.4. The number of carbonyl (C=O) groups excluding carboxylic acids is 4. The lowest BCUT2D eigenvalue weighted by atomic mass is 9.97. The average Bonchev–Trinajstić information content (AvgIpc) is 3.73. The zero-order valence-electron chi connectivity index (χ0n) is 25.0. The summed E-state index contributed by atoms with van der Waals surface area (Å²) in [6.45, 7) is 11.3. The van der Waals surface area contributed by atoms with Crippen molar-refractivity contribution in [2.45, 2.75) is 91.0 Å². The number of rotatable bonds is 12. The highest BCUT2D eigenvalue weighted by Crippen LogP contribution is 2.36. The molecule has 3 amide bonds. The molecule has 0 bridgehead atoms. The fourth-order valence-electron chi connectivity index (χ4n) is 4.54. The van der Waals surface area contributed by atoms with Gasteiger partial charge < -0.3 is 25.0 Å². The Hall–Kier alpha value is -3.88. The number of esters is 1. The number of carbonyl (C=O) groups is 4. The van der Waals surface area contributed by atoms with Gasteiger partial charge in [0.15, 0.2) is 0 Å². The van der Waals surface area contributed by atoms with Crippen molar-refractivity contribution in [3.8, 4) is 0 Å². The molecule has 1 fully saturated rings. The number of nitrogens with one attached hydrogen (secondary N) is 2. The van der Waals surface area contributed by atoms with Crippen molar-refractivity contribution in [2.75, 3.05) is 13.2 Å². The molecule has 0 aromatic heterocycles. The number of hydrogen-bond acceptors (Lipinski definition) is 6. The van der Waals surface area contributed by atoms with E-state index in [-0.39, 0.29) is 37.9 Å². The van der Waals surface area contributed by atoms with Crippen molar-refractivity contribution in [3.05, 3.63) is 70.8 Å². The van der Waals surface area contributed by atoms with Crippen LogP contribution in [0, 0.1) is 13.8 Å². The van der Waals surface area contributed by atoms with E-state index in [2.05, 4.69) is 10.6 Å². The smallest absolute Gasteiger partial charge is 0.408 e. The Morgan fingerprint density at radius 1 is 1.00 bits per heavy atom. The molecule has 2 atom stereocenters. The predicted molar refractivity (Wildman–Crippen MR) is 156 cm³/mol. The summed E-state index contributed by atoms with van der Waals surface area (Å²) in [5, 5.41) is 5.62. The molecule has 0 spiro atoms. The largest absolute Gasteiger partial charge is 0.466 e. The first-order valence-electron chi connectivity index (χ1n) is 14.3. The van der Waals surface area contributed by atoms with Crippen LogP contribution in [-0.4, -0.2) is 59.6 Å². The van der Waals surface area contributed by atoms with E-state index < -0.39 is 35.7 Å². The van der Waals surface area contributed by atoms with Crippen molar-refractivity contribution in [1.82, 2.24) is 15.5 Å². The van der Waals surface area contributed by atoms with Gasteiger partial charge in [0.1, 0.15) is 17.7 Å².